The molecule has 2 atom stereocenters. The highest BCUT2D eigenvalue weighted by molar-refractivity contribution is 6.33. The first-order valence-electron chi connectivity index (χ1n) is 14.8. The van der Waals surface area contributed by atoms with Gasteiger partial charge in [0.05, 0.1) is 5.60 Å². The van der Waals surface area contributed by atoms with E-state index < -0.39 is 5.60 Å². The zero-order chi connectivity index (χ0) is 30.1. The maximum Gasteiger partial charge on any atom is 0.253 e. The molecular formula is C34H41Cl2N3O3. The molecule has 224 valence electrons. The maximum atomic E-state index is 13.6. The lowest BCUT2D eigenvalue weighted by molar-refractivity contribution is -0.118. The van der Waals surface area contributed by atoms with Gasteiger partial charge < -0.3 is 20.6 Å². The molecule has 42 heavy (non-hydrogen) atoms. The summed E-state index contributed by atoms with van der Waals surface area (Å²) in [6.45, 7) is 4.30. The van der Waals surface area contributed by atoms with E-state index in [2.05, 4.69) is 29.7 Å². The lowest BCUT2D eigenvalue weighted by Crippen LogP contribution is -2.48. The van der Waals surface area contributed by atoms with Crippen LogP contribution in [0.15, 0.2) is 66.7 Å². The summed E-state index contributed by atoms with van der Waals surface area (Å²) in [5, 5.41) is 19.3. The van der Waals surface area contributed by atoms with E-state index in [9.17, 15) is 14.7 Å². The van der Waals surface area contributed by atoms with Gasteiger partial charge in [-0.15, -0.1) is 11.6 Å². The van der Waals surface area contributed by atoms with Crippen LogP contribution in [0, 0.1) is 5.92 Å². The Kier molecular flexibility index (Phi) is 11.4. The van der Waals surface area contributed by atoms with Crippen LogP contribution in [-0.2, 0) is 23.4 Å². The Morgan fingerprint density at radius 2 is 1.83 bits per heavy atom. The fourth-order valence-electron chi connectivity index (χ4n) is 6.02. The number of halogens is 2. The van der Waals surface area contributed by atoms with Gasteiger partial charge in [-0.2, -0.15) is 0 Å². The first-order valence-corrected chi connectivity index (χ1v) is 15.7. The number of nitrogens with zero attached hydrogens (tertiary/aromatic N) is 1. The molecule has 0 aromatic heterocycles. The van der Waals surface area contributed by atoms with E-state index in [1.54, 1.807) is 0 Å². The summed E-state index contributed by atoms with van der Waals surface area (Å²) < 4.78 is 0. The summed E-state index contributed by atoms with van der Waals surface area (Å²) >= 11 is 12.5. The maximum absolute atomic E-state index is 13.6. The van der Waals surface area contributed by atoms with Crippen LogP contribution in [0.2, 0.25) is 5.02 Å². The average molecular weight is 611 g/mol. The number of hydrogen-bond acceptors (Lipinski definition) is 4. The van der Waals surface area contributed by atoms with Crippen LogP contribution in [0.3, 0.4) is 0 Å². The lowest BCUT2D eigenvalue weighted by atomic mass is 9.72. The molecule has 2 amide bonds. The van der Waals surface area contributed by atoms with Gasteiger partial charge in [0.15, 0.2) is 0 Å². The Morgan fingerprint density at radius 3 is 2.55 bits per heavy atom. The standard InChI is InChI=1S/C34H41Cl2N3O3/c1-3-24-8-4-9-27(20-24)32-29(11-5-12-30(32)36)34(42,17-7-18-38-31(40)21-35)28-10-6-19-39(23-28)33(41)26-15-13-25(14-16-26)22-37-2/h4-5,8-9,11-16,20,28,37,42H,3,6-7,10,17-19,21-23H2,1-2H3,(H,38,40). The minimum atomic E-state index is -1.29. The molecule has 1 aliphatic heterocycles. The van der Waals surface area contributed by atoms with Crippen LogP contribution in [0.5, 0.6) is 0 Å². The summed E-state index contributed by atoms with van der Waals surface area (Å²) in [5.74, 6) is -0.606. The van der Waals surface area contributed by atoms with E-state index in [0.29, 0.717) is 43.1 Å². The van der Waals surface area contributed by atoms with Crippen LogP contribution in [-0.4, -0.2) is 54.4 Å². The van der Waals surface area contributed by atoms with Gasteiger partial charge in [0.25, 0.3) is 5.91 Å². The highest BCUT2D eigenvalue weighted by Crippen LogP contribution is 2.45. The van der Waals surface area contributed by atoms with Crippen molar-refractivity contribution >= 4 is 35.0 Å². The molecule has 1 heterocycles. The number of amides is 2. The predicted octanol–water partition coefficient (Wildman–Crippen LogP) is 6.16. The Bertz CT molecular complexity index is 1360. The van der Waals surface area contributed by atoms with Gasteiger partial charge in [0.2, 0.25) is 5.91 Å². The Balaban J connectivity index is 1.69. The summed E-state index contributed by atoms with van der Waals surface area (Å²) in [7, 11) is 1.89. The third-order valence-corrected chi connectivity index (χ3v) is 8.81. The van der Waals surface area contributed by atoms with Gasteiger partial charge in [-0.05, 0) is 79.6 Å². The van der Waals surface area contributed by atoms with Gasteiger partial charge >= 0.3 is 0 Å². The Morgan fingerprint density at radius 1 is 1.07 bits per heavy atom. The molecule has 0 spiro atoms. The van der Waals surface area contributed by atoms with Crippen molar-refractivity contribution < 1.29 is 14.7 Å². The highest BCUT2D eigenvalue weighted by Gasteiger charge is 2.43. The largest absolute Gasteiger partial charge is 0.385 e. The summed E-state index contributed by atoms with van der Waals surface area (Å²) in [6.07, 6.45) is 3.35. The topological polar surface area (TPSA) is 81.7 Å². The number of rotatable bonds is 12. The molecule has 8 heteroatoms. The zero-order valence-corrected chi connectivity index (χ0v) is 26.0. The average Bonchev–Trinajstić information content (AvgIpc) is 3.03. The van der Waals surface area contributed by atoms with E-state index >= 15 is 0 Å². The minimum absolute atomic E-state index is 0.0330. The molecule has 6 nitrogen and oxygen atoms in total. The fraction of sp³-hybridized carbons (Fsp3) is 0.412. The number of aliphatic hydroxyl groups is 1. The predicted molar refractivity (Wildman–Crippen MR) is 171 cm³/mol. The van der Waals surface area contributed by atoms with Gasteiger partial charge in [-0.3, -0.25) is 9.59 Å². The second kappa shape index (κ2) is 15.0. The molecule has 2 unspecified atom stereocenters. The second-order valence-corrected chi connectivity index (χ2v) is 11.7. The number of nitrogens with one attached hydrogen (secondary N) is 2. The molecule has 1 fully saturated rings. The van der Waals surface area contributed by atoms with E-state index in [-0.39, 0.29) is 23.6 Å². The van der Waals surface area contributed by atoms with E-state index in [0.717, 1.165) is 48.1 Å². The molecule has 3 aromatic rings. The number of carbonyl (C=O) groups is 2. The molecule has 0 bridgehead atoms. The van der Waals surface area contributed by atoms with Crippen molar-refractivity contribution in [2.75, 3.05) is 32.6 Å². The Labute approximate surface area is 259 Å². The normalized spacial score (nSPS) is 16.6. The highest BCUT2D eigenvalue weighted by atomic mass is 35.5. The van der Waals surface area contributed by atoms with E-state index in [1.807, 2.05) is 66.5 Å². The molecule has 3 N–H and O–H groups in total. The van der Waals surface area contributed by atoms with Crippen LogP contribution in [0.25, 0.3) is 11.1 Å². The Hall–Kier alpha value is -2.90. The molecule has 4 rings (SSSR count). The molecule has 0 saturated carbocycles. The van der Waals surface area contributed by atoms with Crippen molar-refractivity contribution in [3.05, 3.63) is 94.0 Å². The first kappa shape index (κ1) is 32.0. The number of hydrogen-bond donors (Lipinski definition) is 3. The van der Waals surface area contributed by atoms with E-state index in [4.69, 9.17) is 23.2 Å². The molecular weight excluding hydrogens is 569 g/mol. The van der Waals surface area contributed by atoms with Crippen LogP contribution >= 0.6 is 23.2 Å². The number of piperidine rings is 1. The minimum Gasteiger partial charge on any atom is -0.385 e. The number of benzene rings is 3. The smallest absolute Gasteiger partial charge is 0.253 e. The summed E-state index contributed by atoms with van der Waals surface area (Å²) in [5.41, 5.74) is 4.16. The van der Waals surface area contributed by atoms with Gasteiger partial charge in [-0.1, -0.05) is 67.1 Å². The molecule has 1 saturated heterocycles. The fourth-order valence-corrected chi connectivity index (χ4v) is 6.40. The molecule has 3 aromatic carbocycles. The quantitative estimate of drug-likeness (QED) is 0.169. The van der Waals surface area contributed by atoms with Crippen molar-refractivity contribution in [3.63, 3.8) is 0 Å². The third-order valence-electron chi connectivity index (χ3n) is 8.25. The number of likely N-dealkylation sites (tertiary alicyclic amines) is 1. The van der Waals surface area contributed by atoms with Crippen molar-refractivity contribution in [2.45, 2.75) is 51.2 Å². The number of alkyl halides is 1. The summed E-state index contributed by atoms with van der Waals surface area (Å²) in [6, 6.07) is 21.6. The number of aryl methyl sites for hydroxylation is 1. The second-order valence-electron chi connectivity index (χ2n) is 11.0. The molecule has 1 aliphatic rings. The van der Waals surface area contributed by atoms with Gasteiger partial charge in [0.1, 0.15) is 5.88 Å². The summed E-state index contributed by atoms with van der Waals surface area (Å²) in [4.78, 5) is 27.3. The van der Waals surface area contributed by atoms with Gasteiger partial charge in [-0.25, -0.2) is 0 Å². The SMILES string of the molecule is CCc1cccc(-c2c(Cl)cccc2C(O)(CCCNC(=O)CCl)C2CCCN(C(=O)c3ccc(CNC)cc3)C2)c1. The van der Waals surface area contributed by atoms with Crippen LogP contribution in [0.4, 0.5) is 0 Å². The van der Waals surface area contributed by atoms with Crippen molar-refractivity contribution in [3.8, 4) is 11.1 Å². The molecule has 0 radical (unpaired) electrons. The monoisotopic (exact) mass is 609 g/mol. The van der Waals surface area contributed by atoms with Crippen molar-refractivity contribution in [2.24, 2.45) is 5.92 Å². The number of carbonyl (C=O) groups excluding carboxylic acids is 2. The van der Waals surface area contributed by atoms with E-state index in [1.165, 1.54) is 5.56 Å². The molecule has 0 aliphatic carbocycles. The third kappa shape index (κ3) is 7.54. The zero-order valence-electron chi connectivity index (χ0n) is 24.5. The van der Waals surface area contributed by atoms with Crippen LogP contribution < -0.4 is 10.6 Å². The van der Waals surface area contributed by atoms with Crippen LogP contribution in [0.1, 0.15) is 59.7 Å². The lowest BCUT2D eigenvalue weighted by Gasteiger charge is -2.44. The van der Waals surface area contributed by atoms with Crippen molar-refractivity contribution in [1.29, 1.82) is 0 Å². The van der Waals surface area contributed by atoms with Crippen molar-refractivity contribution in [1.82, 2.24) is 15.5 Å². The first-order chi connectivity index (χ1) is 20.3. The van der Waals surface area contributed by atoms with Gasteiger partial charge in [0, 0.05) is 48.2 Å².